The van der Waals surface area contributed by atoms with Crippen LogP contribution in [0, 0.1) is 17.8 Å². The molecule has 0 fully saturated rings. The zero-order chi connectivity index (χ0) is 27.1. The molecule has 0 spiro atoms. The molecule has 4 nitrogen and oxygen atoms in total. The number of aldehydes is 1. The second-order valence-corrected chi connectivity index (χ2v) is 15.4. The third kappa shape index (κ3) is 10.1. The predicted molar refractivity (Wildman–Crippen MR) is 156 cm³/mol. The van der Waals surface area contributed by atoms with Gasteiger partial charge in [-0.3, -0.25) is 0 Å². The summed E-state index contributed by atoms with van der Waals surface area (Å²) in [6.07, 6.45) is 2.45. The molecule has 0 heterocycles. The van der Waals surface area contributed by atoms with E-state index in [-0.39, 0.29) is 30.0 Å². The highest BCUT2D eigenvalue weighted by Crippen LogP contribution is 2.34. The molecule has 0 aliphatic rings. The molecule has 0 aliphatic carbocycles. The smallest absolute Gasteiger partial charge is 0.192 e. The van der Waals surface area contributed by atoms with Crippen LogP contribution in [0.25, 0.3) is 0 Å². The van der Waals surface area contributed by atoms with Crippen molar-refractivity contribution in [3.63, 3.8) is 0 Å². The lowest BCUT2D eigenvalue weighted by molar-refractivity contribution is -0.108. The molecule has 0 bridgehead atoms. The van der Waals surface area contributed by atoms with E-state index < -0.39 is 8.32 Å². The van der Waals surface area contributed by atoms with Gasteiger partial charge in [0.1, 0.15) is 6.29 Å². The van der Waals surface area contributed by atoms with E-state index in [1.54, 1.807) is 0 Å². The lowest BCUT2D eigenvalue weighted by Crippen LogP contribution is -2.49. The van der Waals surface area contributed by atoms with Crippen LogP contribution in [-0.4, -0.2) is 33.4 Å². The molecule has 0 aromatic heterocycles. The van der Waals surface area contributed by atoms with Crippen molar-refractivity contribution in [2.75, 3.05) is 6.61 Å². The van der Waals surface area contributed by atoms with Crippen LogP contribution in [0.15, 0.2) is 60.7 Å². The summed E-state index contributed by atoms with van der Waals surface area (Å²) in [6.45, 7) is 15.4. The van der Waals surface area contributed by atoms with E-state index in [2.05, 4.69) is 77.9 Å². The molecule has 0 saturated carbocycles. The quantitative estimate of drug-likeness (QED) is 0.137. The summed E-state index contributed by atoms with van der Waals surface area (Å²) in [5.74, 6) is 0.627. The Morgan fingerprint density at radius 2 is 1.30 bits per heavy atom. The molecule has 2 aromatic rings. The Balaban J connectivity index is 2.25. The molecule has 206 valence electrons. The third-order valence-corrected chi connectivity index (χ3v) is 12.6. The van der Waals surface area contributed by atoms with Gasteiger partial charge in [0.15, 0.2) is 8.32 Å². The van der Waals surface area contributed by atoms with Crippen LogP contribution < -0.4 is 0 Å². The highest BCUT2D eigenvalue weighted by molar-refractivity contribution is 6.73. The van der Waals surface area contributed by atoms with Gasteiger partial charge in [0, 0.05) is 18.3 Å². The molecule has 0 aliphatic heterocycles. The molecule has 5 heteroatoms. The molecule has 0 amide bonds. The van der Waals surface area contributed by atoms with Crippen molar-refractivity contribution in [2.45, 2.75) is 97.9 Å². The van der Waals surface area contributed by atoms with E-state index >= 15 is 0 Å². The summed E-state index contributed by atoms with van der Waals surface area (Å²) in [5, 5.41) is 0. The van der Waals surface area contributed by atoms with E-state index in [0.29, 0.717) is 26.2 Å². The zero-order valence-corrected chi connectivity index (χ0v) is 25.0. The predicted octanol–water partition coefficient (Wildman–Crippen LogP) is 8.07. The molecule has 0 radical (unpaired) electrons. The Morgan fingerprint density at radius 1 is 0.757 bits per heavy atom. The maximum Gasteiger partial charge on any atom is 0.192 e. The lowest BCUT2D eigenvalue weighted by atomic mass is 9.82. The van der Waals surface area contributed by atoms with Gasteiger partial charge in [0.05, 0.1) is 32.0 Å². The SMILES string of the molecule is CC[Si](CC)(CC)O[C@H]([C@@H](C)[C@@H](OCc1ccccc1)[C@@H](C)COCc1ccccc1)[C@@H](C)CCC=O. The van der Waals surface area contributed by atoms with Crippen LogP contribution in [0.4, 0.5) is 0 Å². The van der Waals surface area contributed by atoms with Gasteiger partial charge in [-0.2, -0.15) is 0 Å². The number of rotatable bonds is 19. The third-order valence-electron chi connectivity index (χ3n) is 7.99. The number of hydrogen-bond donors (Lipinski definition) is 0. The van der Waals surface area contributed by atoms with Gasteiger partial charge in [-0.1, -0.05) is 102 Å². The molecule has 0 N–H and O–H groups in total. The van der Waals surface area contributed by atoms with Crippen molar-refractivity contribution >= 4 is 14.6 Å². The molecule has 0 unspecified atom stereocenters. The van der Waals surface area contributed by atoms with E-state index in [4.69, 9.17) is 13.9 Å². The van der Waals surface area contributed by atoms with Gasteiger partial charge < -0.3 is 18.7 Å². The first kappa shape index (κ1) is 31.4. The van der Waals surface area contributed by atoms with Crippen molar-refractivity contribution in [1.82, 2.24) is 0 Å². The fourth-order valence-corrected chi connectivity index (χ4v) is 8.37. The van der Waals surface area contributed by atoms with E-state index in [1.165, 1.54) is 11.1 Å². The molecule has 5 atom stereocenters. The average Bonchev–Trinajstić information content (AvgIpc) is 2.94. The van der Waals surface area contributed by atoms with E-state index in [1.807, 2.05) is 24.3 Å². The Hall–Kier alpha value is -1.79. The first-order valence-electron chi connectivity index (χ1n) is 14.3. The summed E-state index contributed by atoms with van der Waals surface area (Å²) in [4.78, 5) is 11.2. The van der Waals surface area contributed by atoms with Crippen LogP contribution in [0.1, 0.15) is 65.5 Å². The van der Waals surface area contributed by atoms with Crippen molar-refractivity contribution in [1.29, 1.82) is 0 Å². The molecular formula is C32H50O4Si. The summed E-state index contributed by atoms with van der Waals surface area (Å²) in [7, 11) is -1.86. The maximum atomic E-state index is 11.2. The van der Waals surface area contributed by atoms with Gasteiger partial charge in [0.2, 0.25) is 0 Å². The van der Waals surface area contributed by atoms with Gasteiger partial charge >= 0.3 is 0 Å². The molecule has 0 saturated heterocycles. The molecular weight excluding hydrogens is 476 g/mol. The minimum Gasteiger partial charge on any atom is -0.413 e. The zero-order valence-electron chi connectivity index (χ0n) is 24.0. The van der Waals surface area contributed by atoms with Crippen molar-refractivity contribution in [3.8, 4) is 0 Å². The number of carbonyl (C=O) groups is 1. The standard InChI is InChI=1S/C32H50O4Si/c1-7-37(8-2,9-3)36-32(26(4)17-16-22-33)28(6)31(35-25-30-20-14-11-15-21-30)27(5)23-34-24-29-18-12-10-13-19-29/h10-15,18-22,26-28,31-32H,7-9,16-17,23-25H2,1-6H3/t26-,27-,28-,31-,32-/m0/s1. The Kier molecular flexibility index (Phi) is 14.4. The summed E-state index contributed by atoms with van der Waals surface area (Å²) >= 11 is 0. The average molecular weight is 527 g/mol. The highest BCUT2D eigenvalue weighted by atomic mass is 28.4. The van der Waals surface area contributed by atoms with Crippen LogP contribution in [0.2, 0.25) is 18.1 Å². The molecule has 37 heavy (non-hydrogen) atoms. The van der Waals surface area contributed by atoms with Gasteiger partial charge in [-0.05, 0) is 41.6 Å². The van der Waals surface area contributed by atoms with E-state index in [9.17, 15) is 4.79 Å². The van der Waals surface area contributed by atoms with Crippen LogP contribution in [0.5, 0.6) is 0 Å². The normalized spacial score (nSPS) is 16.1. The monoisotopic (exact) mass is 526 g/mol. The van der Waals surface area contributed by atoms with Crippen molar-refractivity contribution in [3.05, 3.63) is 71.8 Å². The van der Waals surface area contributed by atoms with Crippen LogP contribution in [-0.2, 0) is 31.9 Å². The van der Waals surface area contributed by atoms with Gasteiger partial charge in [0.25, 0.3) is 0 Å². The fraction of sp³-hybridized carbons (Fsp3) is 0.594. The van der Waals surface area contributed by atoms with Crippen LogP contribution in [0.3, 0.4) is 0 Å². The first-order chi connectivity index (χ1) is 17.9. The fourth-order valence-electron chi connectivity index (χ4n) is 5.35. The molecule has 2 rings (SSSR count). The minimum absolute atomic E-state index is 0.0306. The topological polar surface area (TPSA) is 44.8 Å². The summed E-state index contributed by atoms with van der Waals surface area (Å²) in [5.41, 5.74) is 2.35. The largest absolute Gasteiger partial charge is 0.413 e. The maximum absolute atomic E-state index is 11.2. The highest BCUT2D eigenvalue weighted by Gasteiger charge is 2.40. The van der Waals surface area contributed by atoms with Gasteiger partial charge in [-0.25, -0.2) is 0 Å². The number of carbonyl (C=O) groups excluding carboxylic acids is 1. The number of hydrogen-bond acceptors (Lipinski definition) is 4. The van der Waals surface area contributed by atoms with Crippen molar-refractivity contribution in [2.24, 2.45) is 17.8 Å². The lowest BCUT2D eigenvalue weighted by Gasteiger charge is -2.42. The molecule has 2 aromatic carbocycles. The Bertz CT molecular complexity index is 847. The second kappa shape index (κ2) is 16.9. The minimum atomic E-state index is -1.86. The number of ether oxygens (including phenoxy) is 2. The Labute approximate surface area is 227 Å². The summed E-state index contributed by atoms with van der Waals surface area (Å²) in [6, 6.07) is 24.0. The van der Waals surface area contributed by atoms with E-state index in [0.717, 1.165) is 30.8 Å². The van der Waals surface area contributed by atoms with Gasteiger partial charge in [-0.15, -0.1) is 0 Å². The van der Waals surface area contributed by atoms with Crippen LogP contribution >= 0.6 is 0 Å². The first-order valence-corrected chi connectivity index (χ1v) is 16.8. The van der Waals surface area contributed by atoms with Crippen molar-refractivity contribution < 1.29 is 18.7 Å². The number of benzene rings is 2. The Morgan fingerprint density at radius 3 is 1.81 bits per heavy atom. The second-order valence-electron chi connectivity index (χ2n) is 10.6. The summed E-state index contributed by atoms with van der Waals surface area (Å²) < 4.78 is 20.0.